The first kappa shape index (κ1) is 23.1. The van der Waals surface area contributed by atoms with Crippen LogP contribution in [0.2, 0.25) is 0 Å². The van der Waals surface area contributed by atoms with Crippen LogP contribution in [0.1, 0.15) is 32.3 Å². The van der Waals surface area contributed by atoms with Gasteiger partial charge in [0.15, 0.2) is 0 Å². The van der Waals surface area contributed by atoms with Gasteiger partial charge in [0, 0.05) is 0 Å². The largest absolute Gasteiger partial charge is 0.467 e. The first-order valence-corrected chi connectivity index (χ1v) is 10.6. The van der Waals surface area contributed by atoms with Crippen LogP contribution >= 0.6 is 7.60 Å². The van der Waals surface area contributed by atoms with Crippen molar-refractivity contribution in [3.8, 4) is 0 Å². The monoisotopic (exact) mass is 401 g/mol. The zero-order valence-electron chi connectivity index (χ0n) is 16.0. The molecule has 0 aliphatic rings. The Bertz CT molecular complexity index is 613. The second-order valence-corrected chi connectivity index (χ2v) is 7.78. The number of rotatable bonds is 12. The summed E-state index contributed by atoms with van der Waals surface area (Å²) in [6, 6.07) is 8.27. The van der Waals surface area contributed by atoms with E-state index < -0.39 is 25.7 Å². The molecule has 0 spiro atoms. The van der Waals surface area contributed by atoms with Crippen molar-refractivity contribution in [3.05, 3.63) is 35.9 Å². The average Bonchev–Trinajstić information content (AvgIpc) is 2.66. The lowest BCUT2D eigenvalue weighted by molar-refractivity contribution is -0.143. The summed E-state index contributed by atoms with van der Waals surface area (Å²) in [4.78, 5) is 23.9. The molecule has 0 aliphatic heterocycles. The predicted octanol–water partition coefficient (Wildman–Crippen LogP) is 3.50. The highest BCUT2D eigenvalue weighted by Gasteiger charge is 2.27. The Balaban J connectivity index is 2.53. The van der Waals surface area contributed by atoms with Crippen LogP contribution in [0, 0.1) is 0 Å². The van der Waals surface area contributed by atoms with Crippen molar-refractivity contribution in [2.24, 2.45) is 0 Å². The van der Waals surface area contributed by atoms with Gasteiger partial charge in [-0.3, -0.25) is 4.57 Å². The van der Waals surface area contributed by atoms with Gasteiger partial charge in [-0.2, -0.15) is 0 Å². The van der Waals surface area contributed by atoms with Gasteiger partial charge < -0.3 is 23.8 Å². The van der Waals surface area contributed by atoms with E-state index in [-0.39, 0.29) is 32.4 Å². The molecule has 0 aliphatic carbocycles. The van der Waals surface area contributed by atoms with Crippen LogP contribution in [0.3, 0.4) is 0 Å². The van der Waals surface area contributed by atoms with E-state index in [4.69, 9.17) is 18.5 Å². The molecule has 8 nitrogen and oxygen atoms in total. The van der Waals surface area contributed by atoms with Crippen LogP contribution in [0.4, 0.5) is 4.79 Å². The molecule has 0 aromatic heterocycles. The predicted molar refractivity (Wildman–Crippen MR) is 101 cm³/mol. The lowest BCUT2D eigenvalue weighted by atomic mass is 10.2. The fourth-order valence-corrected chi connectivity index (χ4v) is 4.04. The zero-order chi connectivity index (χ0) is 20.1. The van der Waals surface area contributed by atoms with Gasteiger partial charge in [-0.1, -0.05) is 30.3 Å². The Morgan fingerprint density at radius 1 is 1.11 bits per heavy atom. The van der Waals surface area contributed by atoms with Crippen LogP contribution in [-0.2, 0) is 34.5 Å². The smallest absolute Gasteiger partial charge is 0.408 e. The molecule has 1 atom stereocenters. The zero-order valence-corrected chi connectivity index (χ0v) is 16.9. The molecule has 1 amide bonds. The maximum atomic E-state index is 12.4. The number of hydrogen-bond acceptors (Lipinski definition) is 7. The molecule has 0 heterocycles. The normalized spacial score (nSPS) is 12.3. The highest BCUT2D eigenvalue weighted by molar-refractivity contribution is 7.53. The standard InChI is InChI=1S/C18H28NO7P/c1-4-25-27(22,26-5-2)13-9-12-16(17(20)23-3)19-18(21)24-14-15-10-7-6-8-11-15/h6-8,10-11,16H,4-5,9,12-14H2,1-3H3,(H,19,21). The first-order valence-electron chi connectivity index (χ1n) is 8.87. The molecule has 0 bridgehead atoms. The van der Waals surface area contributed by atoms with E-state index >= 15 is 0 Å². The van der Waals surface area contributed by atoms with Gasteiger partial charge in [-0.15, -0.1) is 0 Å². The van der Waals surface area contributed by atoms with Crippen LogP contribution in [0.25, 0.3) is 0 Å². The molecule has 0 radical (unpaired) electrons. The fourth-order valence-electron chi connectivity index (χ4n) is 2.35. The van der Waals surface area contributed by atoms with Gasteiger partial charge >= 0.3 is 19.7 Å². The van der Waals surface area contributed by atoms with Crippen LogP contribution in [0.5, 0.6) is 0 Å². The number of esters is 1. The number of benzene rings is 1. The fraction of sp³-hybridized carbons (Fsp3) is 0.556. The van der Waals surface area contributed by atoms with E-state index in [2.05, 4.69) is 5.32 Å². The van der Waals surface area contributed by atoms with E-state index in [9.17, 15) is 14.2 Å². The molecule has 9 heteroatoms. The Kier molecular flexibility index (Phi) is 10.7. The van der Waals surface area contributed by atoms with Gasteiger partial charge in [-0.25, -0.2) is 9.59 Å². The number of carbonyl (C=O) groups excluding carboxylic acids is 2. The highest BCUT2D eigenvalue weighted by Crippen LogP contribution is 2.48. The maximum absolute atomic E-state index is 12.4. The number of amides is 1. The minimum Gasteiger partial charge on any atom is -0.467 e. The van der Waals surface area contributed by atoms with E-state index in [1.165, 1.54) is 7.11 Å². The Hall–Kier alpha value is -1.89. The summed E-state index contributed by atoms with van der Waals surface area (Å²) in [6.45, 7) is 4.08. The van der Waals surface area contributed by atoms with Crippen molar-refractivity contribution in [2.45, 2.75) is 39.3 Å². The van der Waals surface area contributed by atoms with E-state index in [1.54, 1.807) is 13.8 Å². The third-order valence-corrected chi connectivity index (χ3v) is 5.73. The summed E-state index contributed by atoms with van der Waals surface area (Å²) in [5.41, 5.74) is 0.830. The number of nitrogens with one attached hydrogen (secondary N) is 1. The minimum atomic E-state index is -3.20. The lowest BCUT2D eigenvalue weighted by Crippen LogP contribution is -2.41. The van der Waals surface area contributed by atoms with Crippen molar-refractivity contribution < 1.29 is 32.7 Å². The number of methoxy groups -OCH3 is 1. The number of alkyl carbamates (subject to hydrolysis) is 1. The summed E-state index contributed by atoms with van der Waals surface area (Å²) in [5, 5.41) is 2.48. The van der Waals surface area contributed by atoms with Crippen molar-refractivity contribution in [1.29, 1.82) is 0 Å². The molecule has 1 aromatic carbocycles. The Labute approximate surface area is 160 Å². The first-order chi connectivity index (χ1) is 12.9. The van der Waals surface area contributed by atoms with Gasteiger partial charge in [0.05, 0.1) is 26.5 Å². The third kappa shape index (κ3) is 9.04. The molecule has 152 valence electrons. The summed E-state index contributed by atoms with van der Waals surface area (Å²) in [5.74, 6) is -0.602. The summed E-state index contributed by atoms with van der Waals surface area (Å²) < 4.78 is 32.7. The average molecular weight is 401 g/mol. The molecule has 0 saturated carbocycles. The molecule has 1 unspecified atom stereocenters. The summed E-state index contributed by atoms with van der Waals surface area (Å²) >= 11 is 0. The molecule has 1 rings (SSSR count). The molecular weight excluding hydrogens is 373 g/mol. The van der Waals surface area contributed by atoms with Gasteiger partial charge in [0.2, 0.25) is 0 Å². The quantitative estimate of drug-likeness (QED) is 0.423. The molecule has 1 N–H and O–H groups in total. The van der Waals surface area contributed by atoms with Crippen LogP contribution in [-0.4, -0.2) is 44.6 Å². The number of hydrogen-bond donors (Lipinski definition) is 1. The van der Waals surface area contributed by atoms with Gasteiger partial charge in [0.1, 0.15) is 12.6 Å². The molecule has 27 heavy (non-hydrogen) atoms. The third-order valence-electron chi connectivity index (χ3n) is 3.57. The van der Waals surface area contributed by atoms with Crippen molar-refractivity contribution in [3.63, 3.8) is 0 Å². The van der Waals surface area contributed by atoms with Crippen molar-refractivity contribution in [2.75, 3.05) is 26.5 Å². The summed E-state index contributed by atoms with van der Waals surface area (Å²) in [6.07, 6.45) is -0.0250. The second kappa shape index (κ2) is 12.5. The number of ether oxygens (including phenoxy) is 2. The Morgan fingerprint density at radius 3 is 2.30 bits per heavy atom. The maximum Gasteiger partial charge on any atom is 0.408 e. The lowest BCUT2D eigenvalue weighted by Gasteiger charge is -2.19. The van der Waals surface area contributed by atoms with Crippen LogP contribution < -0.4 is 5.32 Å². The molecule has 0 saturated heterocycles. The van der Waals surface area contributed by atoms with Crippen molar-refractivity contribution >= 4 is 19.7 Å². The van der Waals surface area contributed by atoms with Crippen molar-refractivity contribution in [1.82, 2.24) is 5.32 Å². The molecular formula is C18H28NO7P. The van der Waals surface area contributed by atoms with E-state index in [0.29, 0.717) is 6.42 Å². The summed E-state index contributed by atoms with van der Waals surface area (Å²) in [7, 11) is -1.96. The number of carbonyl (C=O) groups is 2. The second-order valence-electron chi connectivity index (χ2n) is 5.59. The van der Waals surface area contributed by atoms with Crippen LogP contribution in [0.15, 0.2) is 30.3 Å². The molecule has 0 fully saturated rings. The van der Waals surface area contributed by atoms with Gasteiger partial charge in [0.25, 0.3) is 0 Å². The topological polar surface area (TPSA) is 100 Å². The SMILES string of the molecule is CCOP(=O)(CCCC(NC(=O)OCc1ccccc1)C(=O)OC)OCC. The molecule has 1 aromatic rings. The van der Waals surface area contributed by atoms with E-state index in [1.807, 2.05) is 30.3 Å². The Morgan fingerprint density at radius 2 is 1.74 bits per heavy atom. The van der Waals surface area contributed by atoms with E-state index in [0.717, 1.165) is 5.56 Å². The highest BCUT2D eigenvalue weighted by atomic mass is 31.2. The van der Waals surface area contributed by atoms with Gasteiger partial charge in [-0.05, 0) is 32.3 Å². The minimum absolute atomic E-state index is 0.0877.